The molecule has 0 atom stereocenters. The molecule has 2 aromatic heterocycles. The van der Waals surface area contributed by atoms with E-state index >= 15 is 0 Å². The summed E-state index contributed by atoms with van der Waals surface area (Å²) >= 11 is 0. The van der Waals surface area contributed by atoms with E-state index in [-0.39, 0.29) is 30.5 Å². The Bertz CT molecular complexity index is 1160. The van der Waals surface area contributed by atoms with Crippen LogP contribution in [0.4, 0.5) is 10.6 Å². The first-order chi connectivity index (χ1) is 16.9. The first-order valence-corrected chi connectivity index (χ1v) is 11.8. The molecule has 1 aliphatic heterocycles. The highest BCUT2D eigenvalue weighted by molar-refractivity contribution is 5.83. The molecule has 2 N–H and O–H groups in total. The van der Waals surface area contributed by atoms with Gasteiger partial charge in [-0.2, -0.15) is 15.0 Å². The summed E-state index contributed by atoms with van der Waals surface area (Å²) in [6.07, 6.45) is 1.28. The summed E-state index contributed by atoms with van der Waals surface area (Å²) in [5.74, 6) is 0.117. The number of aromatic nitrogens is 4. The highest BCUT2D eigenvalue weighted by atomic mass is 16.7. The van der Waals surface area contributed by atoms with E-state index in [9.17, 15) is 4.79 Å². The van der Waals surface area contributed by atoms with E-state index < -0.39 is 6.16 Å². The second-order valence-electron chi connectivity index (χ2n) is 8.71. The third-order valence-corrected chi connectivity index (χ3v) is 5.53. The van der Waals surface area contributed by atoms with Crippen LogP contribution in [-0.4, -0.2) is 70.1 Å². The zero-order valence-corrected chi connectivity index (χ0v) is 20.4. The summed E-state index contributed by atoms with van der Waals surface area (Å²) in [6.45, 7) is 7.60. The van der Waals surface area contributed by atoms with Crippen LogP contribution in [0.25, 0.3) is 11.2 Å². The third kappa shape index (κ3) is 6.37. The van der Waals surface area contributed by atoms with Gasteiger partial charge < -0.3 is 24.7 Å². The van der Waals surface area contributed by atoms with Crippen molar-refractivity contribution in [3.63, 3.8) is 0 Å². The lowest BCUT2D eigenvalue weighted by molar-refractivity contribution is 0.0691. The van der Waals surface area contributed by atoms with Crippen LogP contribution in [-0.2, 0) is 22.6 Å². The SMILES string of the molecule is COCCOc1nc(N)c2nc(OC(=O)OC(C)C)n(Cc3cccc(CN4CCCC4)c3)c2n1. The number of benzene rings is 1. The fraction of sp³-hybridized carbons (Fsp3) is 0.500. The van der Waals surface area contributed by atoms with Gasteiger partial charge in [-0.15, -0.1) is 0 Å². The molecule has 188 valence electrons. The maximum atomic E-state index is 12.3. The number of carbonyl (C=O) groups excluding carboxylic acids is 1. The molecule has 0 bridgehead atoms. The molecule has 1 aromatic carbocycles. The van der Waals surface area contributed by atoms with E-state index in [0.29, 0.717) is 24.3 Å². The monoisotopic (exact) mass is 484 g/mol. The zero-order chi connectivity index (χ0) is 24.8. The quantitative estimate of drug-likeness (QED) is 0.339. The topological polar surface area (TPSA) is 127 Å². The van der Waals surface area contributed by atoms with Gasteiger partial charge >= 0.3 is 18.2 Å². The van der Waals surface area contributed by atoms with Crippen molar-refractivity contribution in [2.75, 3.05) is 39.1 Å². The Kier molecular flexibility index (Phi) is 7.98. The second-order valence-corrected chi connectivity index (χ2v) is 8.71. The Labute approximate surface area is 204 Å². The molecule has 0 amide bonds. The van der Waals surface area contributed by atoms with Gasteiger partial charge in [0.25, 0.3) is 0 Å². The highest BCUT2D eigenvalue weighted by Gasteiger charge is 2.22. The number of nitrogens with zero attached hydrogens (tertiary/aromatic N) is 5. The molecule has 35 heavy (non-hydrogen) atoms. The zero-order valence-electron chi connectivity index (χ0n) is 20.4. The predicted molar refractivity (Wildman–Crippen MR) is 129 cm³/mol. The van der Waals surface area contributed by atoms with Crippen LogP contribution < -0.4 is 15.2 Å². The molecule has 3 aromatic rings. The lowest BCUT2D eigenvalue weighted by atomic mass is 10.1. The van der Waals surface area contributed by atoms with Crippen LogP contribution in [0.5, 0.6) is 12.0 Å². The lowest BCUT2D eigenvalue weighted by Crippen LogP contribution is -2.19. The van der Waals surface area contributed by atoms with Gasteiger partial charge in [0.05, 0.1) is 19.3 Å². The van der Waals surface area contributed by atoms with Gasteiger partial charge in [0, 0.05) is 13.7 Å². The molecule has 0 radical (unpaired) electrons. The highest BCUT2D eigenvalue weighted by Crippen LogP contribution is 2.27. The number of fused-ring (bicyclic) bond motifs is 1. The number of carbonyl (C=O) groups is 1. The molecule has 1 saturated heterocycles. The molecule has 0 unspecified atom stereocenters. The number of anilines is 1. The maximum Gasteiger partial charge on any atom is 0.516 e. The fourth-order valence-electron chi connectivity index (χ4n) is 3.98. The van der Waals surface area contributed by atoms with Crippen LogP contribution in [0.2, 0.25) is 0 Å². The number of hydrogen-bond donors (Lipinski definition) is 1. The summed E-state index contributed by atoms with van der Waals surface area (Å²) < 4.78 is 22.8. The summed E-state index contributed by atoms with van der Waals surface area (Å²) in [4.78, 5) is 27.8. The van der Waals surface area contributed by atoms with Gasteiger partial charge in [0.15, 0.2) is 17.0 Å². The largest absolute Gasteiger partial charge is 0.516 e. The Morgan fingerprint density at radius 3 is 2.54 bits per heavy atom. The van der Waals surface area contributed by atoms with E-state index in [2.05, 4.69) is 32.0 Å². The molecule has 0 spiro atoms. The van der Waals surface area contributed by atoms with Crippen LogP contribution in [0, 0.1) is 0 Å². The average Bonchev–Trinajstić information content (AvgIpc) is 3.43. The number of rotatable bonds is 10. The van der Waals surface area contributed by atoms with Crippen molar-refractivity contribution >= 4 is 23.1 Å². The summed E-state index contributed by atoms with van der Waals surface area (Å²) in [5, 5.41) is 0. The Balaban J connectivity index is 1.67. The molecule has 3 heterocycles. The van der Waals surface area contributed by atoms with Crippen molar-refractivity contribution in [2.24, 2.45) is 0 Å². The molecule has 4 rings (SSSR count). The van der Waals surface area contributed by atoms with E-state index in [1.165, 1.54) is 18.4 Å². The van der Waals surface area contributed by atoms with Crippen molar-refractivity contribution in [1.82, 2.24) is 24.4 Å². The number of likely N-dealkylation sites (tertiary alicyclic amines) is 1. The molecule has 1 aliphatic rings. The van der Waals surface area contributed by atoms with Gasteiger partial charge in [-0.3, -0.25) is 9.47 Å². The Morgan fingerprint density at radius 2 is 1.83 bits per heavy atom. The van der Waals surface area contributed by atoms with Crippen LogP contribution in [0.3, 0.4) is 0 Å². The number of hydrogen-bond acceptors (Lipinski definition) is 10. The minimum atomic E-state index is -0.859. The number of imidazole rings is 1. The summed E-state index contributed by atoms with van der Waals surface area (Å²) in [6, 6.07) is 8.40. The van der Waals surface area contributed by atoms with E-state index in [1.54, 1.807) is 25.5 Å². The van der Waals surface area contributed by atoms with E-state index in [0.717, 1.165) is 25.2 Å². The molecule has 11 heteroatoms. The maximum absolute atomic E-state index is 12.3. The standard InChI is InChI=1S/C24H32N6O5/c1-16(2)34-24(31)35-23-26-19-20(25)27-22(33-12-11-32-3)28-21(19)30(23)15-18-8-6-7-17(13-18)14-29-9-4-5-10-29/h6-8,13,16H,4-5,9-12,14-15H2,1-3H3,(H2,25,27,28). The molecule has 0 saturated carbocycles. The lowest BCUT2D eigenvalue weighted by Gasteiger charge is -2.15. The van der Waals surface area contributed by atoms with Crippen LogP contribution >= 0.6 is 0 Å². The number of ether oxygens (including phenoxy) is 4. The van der Waals surface area contributed by atoms with Gasteiger partial charge in [-0.05, 0) is 50.9 Å². The molecule has 11 nitrogen and oxygen atoms in total. The van der Waals surface area contributed by atoms with Gasteiger partial charge in [0.2, 0.25) is 0 Å². The Hall–Kier alpha value is -3.44. The summed E-state index contributed by atoms with van der Waals surface area (Å²) in [7, 11) is 1.58. The van der Waals surface area contributed by atoms with Crippen molar-refractivity contribution in [3.8, 4) is 12.0 Å². The van der Waals surface area contributed by atoms with E-state index in [4.69, 9.17) is 24.7 Å². The normalized spacial score (nSPS) is 14.1. The minimum Gasteiger partial charge on any atom is -0.461 e. The molecule has 1 fully saturated rings. The first kappa shape index (κ1) is 24.7. The number of nitrogens with two attached hydrogens (primary N) is 1. The molecular formula is C24H32N6O5. The van der Waals surface area contributed by atoms with Gasteiger partial charge in [0.1, 0.15) is 6.61 Å². The number of nitrogen functional groups attached to an aromatic ring is 1. The van der Waals surface area contributed by atoms with Crippen molar-refractivity contribution in [1.29, 1.82) is 0 Å². The Morgan fingerprint density at radius 1 is 1.09 bits per heavy atom. The molecular weight excluding hydrogens is 452 g/mol. The minimum absolute atomic E-state index is 0.0191. The van der Waals surface area contributed by atoms with Crippen molar-refractivity contribution in [3.05, 3.63) is 35.4 Å². The van der Waals surface area contributed by atoms with Crippen LogP contribution in [0.1, 0.15) is 37.8 Å². The van der Waals surface area contributed by atoms with Gasteiger partial charge in [-0.25, -0.2) is 4.79 Å². The average molecular weight is 485 g/mol. The summed E-state index contributed by atoms with van der Waals surface area (Å²) in [5.41, 5.74) is 9.07. The third-order valence-electron chi connectivity index (χ3n) is 5.53. The van der Waals surface area contributed by atoms with Crippen molar-refractivity contribution < 1.29 is 23.7 Å². The molecule has 0 aliphatic carbocycles. The van der Waals surface area contributed by atoms with Crippen molar-refractivity contribution in [2.45, 2.75) is 45.9 Å². The second kappa shape index (κ2) is 11.3. The fourth-order valence-corrected chi connectivity index (χ4v) is 3.98. The van der Waals surface area contributed by atoms with Gasteiger partial charge in [-0.1, -0.05) is 24.3 Å². The predicted octanol–water partition coefficient (Wildman–Crippen LogP) is 3.00. The number of methoxy groups -OCH3 is 1. The van der Waals surface area contributed by atoms with E-state index in [1.807, 2.05) is 12.1 Å². The first-order valence-electron chi connectivity index (χ1n) is 11.8. The smallest absolute Gasteiger partial charge is 0.461 e. The van der Waals surface area contributed by atoms with Crippen LogP contribution in [0.15, 0.2) is 24.3 Å².